The number of hydrazone groups is 1. The van der Waals surface area contributed by atoms with Crippen LogP contribution >= 0.6 is 11.6 Å². The van der Waals surface area contributed by atoms with Crippen LogP contribution in [0, 0.1) is 6.92 Å². The van der Waals surface area contributed by atoms with Crippen LogP contribution in [0.15, 0.2) is 47.6 Å². The molecule has 0 aromatic heterocycles. The number of rotatable bonds is 7. The first-order valence-corrected chi connectivity index (χ1v) is 10.9. The molecule has 0 spiro atoms. The fourth-order valence-corrected chi connectivity index (χ4v) is 4.03. The van der Waals surface area contributed by atoms with Crippen molar-refractivity contribution in [1.29, 1.82) is 0 Å². The summed E-state index contributed by atoms with van der Waals surface area (Å²) in [5, 5.41) is 4.75. The number of allylic oxidation sites excluding steroid dienone is 1. The molecule has 0 saturated heterocycles. The number of fused-ring (bicyclic) bond motifs is 1. The van der Waals surface area contributed by atoms with Crippen LogP contribution in [0.2, 0.25) is 5.02 Å². The Bertz CT molecular complexity index is 1010. The molecule has 0 atom stereocenters. The van der Waals surface area contributed by atoms with E-state index in [0.717, 1.165) is 24.1 Å². The molecular weight excluding hydrogens is 410 g/mol. The second-order valence-corrected chi connectivity index (χ2v) is 8.83. The van der Waals surface area contributed by atoms with Gasteiger partial charge in [0.2, 0.25) is 0 Å². The van der Waals surface area contributed by atoms with E-state index in [1.165, 1.54) is 16.8 Å². The van der Waals surface area contributed by atoms with Gasteiger partial charge in [0.15, 0.2) is 6.61 Å². The summed E-state index contributed by atoms with van der Waals surface area (Å²) in [6.45, 7) is 11.8. The average molecular weight is 440 g/mol. The second kappa shape index (κ2) is 9.56. The van der Waals surface area contributed by atoms with E-state index in [4.69, 9.17) is 16.3 Å². The number of nitrogens with zero attached hydrogens (tertiary/aromatic N) is 2. The molecule has 1 aliphatic rings. The summed E-state index contributed by atoms with van der Waals surface area (Å²) in [4.78, 5) is 14.5. The predicted molar refractivity (Wildman–Crippen MR) is 129 cm³/mol. The number of halogens is 1. The van der Waals surface area contributed by atoms with Gasteiger partial charge in [-0.25, -0.2) is 5.43 Å². The van der Waals surface area contributed by atoms with E-state index >= 15 is 0 Å². The van der Waals surface area contributed by atoms with Crippen LogP contribution in [0.25, 0.3) is 5.57 Å². The van der Waals surface area contributed by atoms with Gasteiger partial charge in [0.05, 0.1) is 11.8 Å². The summed E-state index contributed by atoms with van der Waals surface area (Å²) >= 11 is 5.84. The summed E-state index contributed by atoms with van der Waals surface area (Å²) in [5.74, 6) is 0.254. The minimum atomic E-state index is -0.325. The van der Waals surface area contributed by atoms with Crippen molar-refractivity contribution in [1.82, 2.24) is 5.43 Å². The number of aryl methyl sites for hydroxylation is 1. The Hall–Kier alpha value is -2.79. The molecule has 31 heavy (non-hydrogen) atoms. The maximum Gasteiger partial charge on any atom is 0.277 e. The summed E-state index contributed by atoms with van der Waals surface area (Å²) in [5.41, 5.74) is 8.30. The molecule has 0 aliphatic carbocycles. The first kappa shape index (κ1) is 22.9. The van der Waals surface area contributed by atoms with Gasteiger partial charge in [-0.2, -0.15) is 5.10 Å². The lowest BCUT2D eigenvalue weighted by molar-refractivity contribution is -0.123. The smallest absolute Gasteiger partial charge is 0.277 e. The van der Waals surface area contributed by atoms with Crippen LogP contribution in [0.3, 0.4) is 0 Å². The van der Waals surface area contributed by atoms with Crippen LogP contribution in [0.4, 0.5) is 5.69 Å². The third-order valence-electron chi connectivity index (χ3n) is 5.39. The maximum absolute atomic E-state index is 12.0. The van der Waals surface area contributed by atoms with Gasteiger partial charge in [0, 0.05) is 22.8 Å². The van der Waals surface area contributed by atoms with E-state index in [9.17, 15) is 4.79 Å². The van der Waals surface area contributed by atoms with E-state index < -0.39 is 0 Å². The number of hydrogen-bond donors (Lipinski definition) is 1. The molecule has 0 saturated carbocycles. The van der Waals surface area contributed by atoms with Crippen molar-refractivity contribution in [2.75, 3.05) is 18.1 Å². The van der Waals surface area contributed by atoms with Crippen LogP contribution in [0.5, 0.6) is 5.75 Å². The number of ether oxygens (including phenoxy) is 1. The number of benzene rings is 2. The van der Waals surface area contributed by atoms with Crippen molar-refractivity contribution in [3.8, 4) is 5.75 Å². The lowest BCUT2D eigenvalue weighted by Gasteiger charge is -2.43. The van der Waals surface area contributed by atoms with Gasteiger partial charge in [-0.15, -0.1) is 0 Å². The Morgan fingerprint density at radius 2 is 1.94 bits per heavy atom. The predicted octanol–water partition coefficient (Wildman–Crippen LogP) is 5.59. The molecular formula is C25H30ClN3O2. The first-order chi connectivity index (χ1) is 14.7. The van der Waals surface area contributed by atoms with Crippen molar-refractivity contribution in [3.63, 3.8) is 0 Å². The Kier molecular flexibility index (Phi) is 7.06. The van der Waals surface area contributed by atoms with Gasteiger partial charge in [-0.1, -0.05) is 24.6 Å². The molecule has 0 unspecified atom stereocenters. The Morgan fingerprint density at radius 3 is 2.61 bits per heavy atom. The second-order valence-electron chi connectivity index (χ2n) is 8.39. The number of anilines is 1. The zero-order valence-electron chi connectivity index (χ0n) is 18.8. The summed E-state index contributed by atoms with van der Waals surface area (Å²) in [6, 6.07) is 11.2. The molecule has 164 valence electrons. The van der Waals surface area contributed by atoms with Gasteiger partial charge >= 0.3 is 0 Å². The number of carbonyl (C=O) groups excluding carboxylic acids is 1. The largest absolute Gasteiger partial charge is 0.484 e. The molecule has 2 aromatic carbocycles. The van der Waals surface area contributed by atoms with E-state index in [-0.39, 0.29) is 18.1 Å². The monoisotopic (exact) mass is 439 g/mol. The minimum absolute atomic E-state index is 0.0206. The summed E-state index contributed by atoms with van der Waals surface area (Å²) < 4.78 is 5.43. The van der Waals surface area contributed by atoms with E-state index in [1.54, 1.807) is 30.5 Å². The van der Waals surface area contributed by atoms with E-state index in [2.05, 4.69) is 68.3 Å². The average Bonchev–Trinajstić information content (AvgIpc) is 2.71. The summed E-state index contributed by atoms with van der Waals surface area (Å²) in [7, 11) is 0. The van der Waals surface area contributed by atoms with Crippen LogP contribution in [0.1, 0.15) is 50.8 Å². The van der Waals surface area contributed by atoms with E-state index in [0.29, 0.717) is 10.8 Å². The number of amides is 1. The van der Waals surface area contributed by atoms with Gasteiger partial charge in [-0.3, -0.25) is 4.79 Å². The topological polar surface area (TPSA) is 53.9 Å². The Balaban J connectivity index is 1.69. The quantitative estimate of drug-likeness (QED) is 0.452. The molecule has 1 heterocycles. The molecule has 2 aromatic rings. The van der Waals surface area contributed by atoms with Crippen molar-refractivity contribution < 1.29 is 9.53 Å². The fraction of sp³-hybridized carbons (Fsp3) is 0.360. The normalized spacial score (nSPS) is 14.9. The standard InChI is InChI=1S/C25H30ClN3O2/c1-6-11-29-23-12-17(2)19(13-22(23)18(3)14-25(29,4)5)15-27-28-24(30)16-31-21-9-7-20(26)8-10-21/h7-10,12-15H,6,11,16H2,1-5H3,(H,28,30)/b27-15-. The number of nitrogens with one attached hydrogen (secondary N) is 1. The molecule has 0 bridgehead atoms. The first-order valence-electron chi connectivity index (χ1n) is 10.5. The molecule has 0 fully saturated rings. The van der Waals surface area contributed by atoms with E-state index in [1.807, 2.05) is 0 Å². The molecule has 1 N–H and O–H groups in total. The lowest BCUT2D eigenvalue weighted by atomic mass is 9.87. The van der Waals surface area contributed by atoms with Gasteiger partial charge in [0.25, 0.3) is 5.91 Å². The highest BCUT2D eigenvalue weighted by atomic mass is 35.5. The van der Waals surface area contributed by atoms with Crippen LogP contribution < -0.4 is 15.1 Å². The zero-order chi connectivity index (χ0) is 22.6. The SMILES string of the molecule is CCCN1c2cc(C)c(/C=N\NC(=O)COc3ccc(Cl)cc3)cc2C(C)=CC1(C)C. The van der Waals surface area contributed by atoms with Gasteiger partial charge < -0.3 is 9.64 Å². The van der Waals surface area contributed by atoms with Crippen LogP contribution in [-0.2, 0) is 4.79 Å². The molecule has 6 heteroatoms. The highest BCUT2D eigenvalue weighted by Gasteiger charge is 2.31. The zero-order valence-corrected chi connectivity index (χ0v) is 19.6. The maximum atomic E-state index is 12.0. The van der Waals surface area contributed by atoms with Crippen molar-refractivity contribution in [3.05, 3.63) is 64.2 Å². The molecule has 0 radical (unpaired) electrons. The highest BCUT2D eigenvalue weighted by Crippen LogP contribution is 2.40. The number of carbonyl (C=O) groups is 1. The third kappa shape index (κ3) is 5.47. The molecule has 1 aliphatic heterocycles. The van der Waals surface area contributed by atoms with Crippen molar-refractivity contribution >= 4 is 35.0 Å². The molecule has 3 rings (SSSR count). The molecule has 1 amide bonds. The summed E-state index contributed by atoms with van der Waals surface area (Å²) in [6.07, 6.45) is 5.09. The Morgan fingerprint density at radius 1 is 1.23 bits per heavy atom. The Labute approximate surface area is 189 Å². The minimum Gasteiger partial charge on any atom is -0.484 e. The number of hydrogen-bond acceptors (Lipinski definition) is 4. The lowest BCUT2D eigenvalue weighted by Crippen LogP contribution is -2.45. The fourth-order valence-electron chi connectivity index (χ4n) is 3.90. The third-order valence-corrected chi connectivity index (χ3v) is 5.64. The van der Waals surface area contributed by atoms with Crippen molar-refractivity contribution in [2.24, 2.45) is 5.10 Å². The van der Waals surface area contributed by atoms with Crippen LogP contribution in [-0.4, -0.2) is 30.8 Å². The van der Waals surface area contributed by atoms with Gasteiger partial charge in [-0.05, 0) is 87.2 Å². The highest BCUT2D eigenvalue weighted by molar-refractivity contribution is 6.30. The van der Waals surface area contributed by atoms with Crippen molar-refractivity contribution in [2.45, 2.75) is 46.6 Å². The van der Waals surface area contributed by atoms with Gasteiger partial charge in [0.1, 0.15) is 5.75 Å². The molecule has 5 nitrogen and oxygen atoms in total.